The summed E-state index contributed by atoms with van der Waals surface area (Å²) in [6, 6.07) is 15.1. The number of aromatic carboxylic acids is 1. The zero-order valence-electron chi connectivity index (χ0n) is 15.1. The van der Waals surface area contributed by atoms with Gasteiger partial charge in [-0.15, -0.1) is 0 Å². The number of imidazole rings is 1. The number of thioether (sulfide) groups is 1. The van der Waals surface area contributed by atoms with Crippen LogP contribution < -0.4 is 0 Å². The number of fused-ring (bicyclic) bond motifs is 1. The minimum atomic E-state index is -1.12. The fraction of sp³-hybridized carbons (Fsp3) is 0. The van der Waals surface area contributed by atoms with Gasteiger partial charge in [-0.05, 0) is 48.2 Å². The van der Waals surface area contributed by atoms with Gasteiger partial charge in [-0.2, -0.15) is 0 Å². The number of hydrogen-bond acceptors (Lipinski definition) is 5. The van der Waals surface area contributed by atoms with E-state index in [0.29, 0.717) is 22.2 Å². The minimum absolute atomic E-state index is 0.0116. The smallest absolute Gasteiger partial charge is 0.342 e. The van der Waals surface area contributed by atoms with E-state index in [-0.39, 0.29) is 15.5 Å². The maximum Gasteiger partial charge on any atom is 0.342 e. The van der Waals surface area contributed by atoms with Crippen LogP contribution in [-0.4, -0.2) is 32.1 Å². The number of carboxylic acid groups (broad SMARTS) is 2. The number of furan rings is 1. The molecule has 0 spiro atoms. The molecule has 2 heterocycles. The highest BCUT2D eigenvalue weighted by atomic mass is 35.5. The third-order valence-electron chi connectivity index (χ3n) is 4.17. The standard InChI is InChI=1S/C21H13ClN2O5S/c22-14-9-11(5-7-13(14)19(25)26)17-8-6-12(29-17)10-18(20(27)28)30-21-23-15-3-1-2-4-16(15)24-21/h1-10H,(H,23,24)(H,25,26)(H,27,28)/b18-10-. The molecule has 0 atom stereocenters. The molecule has 3 N–H and O–H groups in total. The summed E-state index contributed by atoms with van der Waals surface area (Å²) in [6.45, 7) is 0. The van der Waals surface area contributed by atoms with Crippen LogP contribution in [0.4, 0.5) is 0 Å². The molecular formula is C21H13ClN2O5S. The number of carbonyl (C=O) groups is 2. The van der Waals surface area contributed by atoms with Crippen molar-refractivity contribution in [3.8, 4) is 11.3 Å². The lowest BCUT2D eigenvalue weighted by molar-refractivity contribution is -0.131. The van der Waals surface area contributed by atoms with Gasteiger partial charge in [0.25, 0.3) is 0 Å². The third-order valence-corrected chi connectivity index (χ3v) is 5.38. The topological polar surface area (TPSA) is 116 Å². The lowest BCUT2D eigenvalue weighted by Gasteiger charge is -2.02. The summed E-state index contributed by atoms with van der Waals surface area (Å²) in [4.78, 5) is 30.3. The first-order chi connectivity index (χ1) is 14.4. The maximum atomic E-state index is 11.7. The second-order valence-corrected chi connectivity index (χ2v) is 7.61. The molecule has 4 rings (SSSR count). The number of carboxylic acids is 2. The van der Waals surface area contributed by atoms with E-state index < -0.39 is 11.9 Å². The lowest BCUT2D eigenvalue weighted by Crippen LogP contribution is -1.97. The summed E-state index contributed by atoms with van der Waals surface area (Å²) in [7, 11) is 0. The summed E-state index contributed by atoms with van der Waals surface area (Å²) < 4.78 is 5.71. The normalized spacial score (nSPS) is 11.7. The van der Waals surface area contributed by atoms with Gasteiger partial charge in [0.2, 0.25) is 0 Å². The number of nitrogens with one attached hydrogen (secondary N) is 1. The molecule has 0 aliphatic carbocycles. The van der Waals surface area contributed by atoms with Crippen LogP contribution in [0.3, 0.4) is 0 Å². The van der Waals surface area contributed by atoms with Crippen molar-refractivity contribution >= 4 is 52.4 Å². The summed E-state index contributed by atoms with van der Waals surface area (Å²) in [5.41, 5.74) is 2.12. The van der Waals surface area contributed by atoms with E-state index in [9.17, 15) is 14.7 Å². The van der Waals surface area contributed by atoms with Crippen LogP contribution in [0.2, 0.25) is 5.02 Å². The van der Waals surface area contributed by atoms with E-state index in [1.54, 1.807) is 18.2 Å². The van der Waals surface area contributed by atoms with Gasteiger partial charge in [0.05, 0.1) is 21.6 Å². The summed E-state index contributed by atoms with van der Waals surface area (Å²) in [5.74, 6) is -1.49. The van der Waals surface area contributed by atoms with Gasteiger partial charge < -0.3 is 19.6 Å². The van der Waals surface area contributed by atoms with Crippen LogP contribution in [0.15, 0.2) is 69.1 Å². The number of rotatable bonds is 6. The van der Waals surface area contributed by atoms with Crippen LogP contribution in [-0.2, 0) is 4.79 Å². The van der Waals surface area contributed by atoms with Crippen molar-refractivity contribution in [2.24, 2.45) is 0 Å². The molecule has 0 aliphatic rings. The Morgan fingerprint density at radius 1 is 1.10 bits per heavy atom. The molecule has 0 aliphatic heterocycles. The Bertz CT molecular complexity index is 1270. The van der Waals surface area contributed by atoms with Gasteiger partial charge in [0.15, 0.2) is 5.16 Å². The fourth-order valence-corrected chi connectivity index (χ4v) is 3.81. The number of aromatic nitrogens is 2. The Morgan fingerprint density at radius 3 is 2.60 bits per heavy atom. The van der Waals surface area contributed by atoms with E-state index in [0.717, 1.165) is 22.8 Å². The predicted molar refractivity (Wildman–Crippen MR) is 114 cm³/mol. The van der Waals surface area contributed by atoms with Crippen molar-refractivity contribution in [1.29, 1.82) is 0 Å². The number of hydrogen-bond donors (Lipinski definition) is 3. The van der Waals surface area contributed by atoms with Crippen molar-refractivity contribution in [1.82, 2.24) is 9.97 Å². The third kappa shape index (κ3) is 4.10. The molecule has 30 heavy (non-hydrogen) atoms. The number of para-hydroxylation sites is 2. The zero-order valence-corrected chi connectivity index (χ0v) is 16.7. The molecule has 0 unspecified atom stereocenters. The number of benzene rings is 2. The monoisotopic (exact) mass is 440 g/mol. The Hall–Kier alpha value is -3.49. The maximum absolute atomic E-state index is 11.7. The number of aliphatic carboxylic acids is 1. The first-order valence-corrected chi connectivity index (χ1v) is 9.81. The highest BCUT2D eigenvalue weighted by molar-refractivity contribution is 8.04. The SMILES string of the molecule is O=C(O)/C(=C/c1ccc(-c2ccc(C(=O)O)c(Cl)c2)o1)Sc1nc2ccccc2[nH]1. The quantitative estimate of drug-likeness (QED) is 0.271. The Balaban J connectivity index is 1.61. The molecule has 2 aromatic carbocycles. The van der Waals surface area contributed by atoms with Gasteiger partial charge in [-0.1, -0.05) is 29.8 Å². The van der Waals surface area contributed by atoms with Crippen LogP contribution in [0.5, 0.6) is 0 Å². The number of nitrogens with zero attached hydrogens (tertiary/aromatic N) is 1. The summed E-state index contributed by atoms with van der Waals surface area (Å²) >= 11 is 6.98. The first-order valence-electron chi connectivity index (χ1n) is 8.61. The van der Waals surface area contributed by atoms with Gasteiger partial charge >= 0.3 is 11.9 Å². The Kier molecular flexibility index (Phi) is 5.35. The molecule has 7 nitrogen and oxygen atoms in total. The van der Waals surface area contributed by atoms with Crippen molar-refractivity contribution in [2.45, 2.75) is 5.16 Å². The van der Waals surface area contributed by atoms with Crippen molar-refractivity contribution in [3.63, 3.8) is 0 Å². The Morgan fingerprint density at radius 2 is 1.90 bits per heavy atom. The van der Waals surface area contributed by atoms with Crippen LogP contribution >= 0.6 is 23.4 Å². The van der Waals surface area contributed by atoms with Crippen LogP contribution in [0.1, 0.15) is 16.1 Å². The molecule has 2 aromatic heterocycles. The highest BCUT2D eigenvalue weighted by Gasteiger charge is 2.15. The molecule has 0 radical (unpaired) electrons. The van der Waals surface area contributed by atoms with Gasteiger partial charge in [0.1, 0.15) is 16.4 Å². The highest BCUT2D eigenvalue weighted by Crippen LogP contribution is 2.31. The van der Waals surface area contributed by atoms with Crippen LogP contribution in [0.25, 0.3) is 28.4 Å². The minimum Gasteiger partial charge on any atom is -0.478 e. The van der Waals surface area contributed by atoms with E-state index in [1.807, 2.05) is 24.3 Å². The molecule has 0 amide bonds. The van der Waals surface area contributed by atoms with Crippen LogP contribution in [0, 0.1) is 0 Å². The van der Waals surface area contributed by atoms with Gasteiger partial charge in [-0.3, -0.25) is 0 Å². The molecule has 0 saturated carbocycles. The van der Waals surface area contributed by atoms with Gasteiger partial charge in [0, 0.05) is 11.6 Å². The molecule has 0 fully saturated rings. The molecule has 0 saturated heterocycles. The summed E-state index contributed by atoms with van der Waals surface area (Å²) in [5, 5.41) is 19.2. The van der Waals surface area contributed by atoms with Crippen molar-refractivity contribution < 1.29 is 24.2 Å². The molecule has 4 aromatic rings. The largest absolute Gasteiger partial charge is 0.478 e. The Labute approximate surface area is 179 Å². The molecule has 9 heteroatoms. The molecule has 150 valence electrons. The number of H-pyrrole nitrogens is 1. The van der Waals surface area contributed by atoms with Gasteiger partial charge in [-0.25, -0.2) is 14.6 Å². The predicted octanol–water partition coefficient (Wildman–Crippen LogP) is 5.39. The van der Waals surface area contributed by atoms with E-state index >= 15 is 0 Å². The zero-order chi connectivity index (χ0) is 21.3. The molecular weight excluding hydrogens is 428 g/mol. The number of aromatic amines is 1. The molecule has 0 bridgehead atoms. The fourth-order valence-electron chi connectivity index (χ4n) is 2.77. The van der Waals surface area contributed by atoms with E-state index in [2.05, 4.69) is 9.97 Å². The second kappa shape index (κ2) is 8.10. The van der Waals surface area contributed by atoms with Crippen molar-refractivity contribution in [3.05, 3.63) is 75.8 Å². The average molecular weight is 441 g/mol. The lowest BCUT2D eigenvalue weighted by atomic mass is 10.1. The average Bonchev–Trinajstić information content (AvgIpc) is 3.33. The summed E-state index contributed by atoms with van der Waals surface area (Å²) in [6.07, 6.45) is 1.40. The first kappa shape index (κ1) is 19.8. The van der Waals surface area contributed by atoms with E-state index in [4.69, 9.17) is 21.1 Å². The number of halogens is 1. The second-order valence-electron chi connectivity index (χ2n) is 6.18. The van der Waals surface area contributed by atoms with E-state index in [1.165, 1.54) is 18.2 Å². The van der Waals surface area contributed by atoms with Crippen molar-refractivity contribution in [2.75, 3.05) is 0 Å².